The fourth-order valence-electron chi connectivity index (χ4n) is 4.43. The second kappa shape index (κ2) is 15.6. The lowest BCUT2D eigenvalue weighted by molar-refractivity contribution is -0.140. The summed E-state index contributed by atoms with van der Waals surface area (Å²) in [6.45, 7) is 5.34. The van der Waals surface area contributed by atoms with E-state index in [1.807, 2.05) is 24.3 Å². The van der Waals surface area contributed by atoms with E-state index >= 15 is 0 Å². The van der Waals surface area contributed by atoms with Gasteiger partial charge >= 0.3 is 5.97 Å². The van der Waals surface area contributed by atoms with Crippen molar-refractivity contribution in [2.45, 2.75) is 65.2 Å². The molecule has 202 valence electrons. The van der Waals surface area contributed by atoms with Gasteiger partial charge in [0.05, 0.1) is 20.1 Å². The third kappa shape index (κ3) is 9.37. The number of methoxy groups -OCH3 is 1. The molecular weight excluding hydrogens is 474 g/mol. The van der Waals surface area contributed by atoms with Gasteiger partial charge in [-0.15, -0.1) is 0 Å². The van der Waals surface area contributed by atoms with Crippen LogP contribution < -0.4 is 10.1 Å². The third-order valence-corrected chi connectivity index (χ3v) is 6.81. The predicted octanol–water partition coefficient (Wildman–Crippen LogP) is 7.09. The fraction of sp³-hybridized carbons (Fsp3) is 0.394. The Labute approximate surface area is 227 Å². The lowest BCUT2D eigenvalue weighted by Gasteiger charge is -2.11. The summed E-state index contributed by atoms with van der Waals surface area (Å²) in [5.74, 6) is 0.440. The Balaban J connectivity index is 1.27. The van der Waals surface area contributed by atoms with Gasteiger partial charge in [0.2, 0.25) is 0 Å². The number of amides is 1. The van der Waals surface area contributed by atoms with Crippen molar-refractivity contribution >= 4 is 11.9 Å². The van der Waals surface area contributed by atoms with Gasteiger partial charge in [-0.25, -0.2) is 0 Å². The van der Waals surface area contributed by atoms with Gasteiger partial charge in [-0.1, -0.05) is 68.7 Å². The zero-order valence-electron chi connectivity index (χ0n) is 23.1. The maximum absolute atomic E-state index is 12.1. The second-order valence-corrected chi connectivity index (χ2v) is 9.67. The molecule has 0 heterocycles. The SMILES string of the molecule is CCc1ccc(-c2ccc(OCCCCCCCc3ccc(C(=O)NCCC(=O)OC)cc3)cc2C)cc1. The zero-order chi connectivity index (χ0) is 27.2. The first-order valence-corrected chi connectivity index (χ1v) is 13.8. The molecule has 0 unspecified atom stereocenters. The second-order valence-electron chi connectivity index (χ2n) is 9.67. The van der Waals surface area contributed by atoms with Gasteiger partial charge in [0.1, 0.15) is 5.75 Å². The van der Waals surface area contributed by atoms with Crippen LogP contribution in [-0.4, -0.2) is 32.1 Å². The van der Waals surface area contributed by atoms with Crippen LogP contribution in [0.25, 0.3) is 11.1 Å². The Bertz CT molecular complexity index is 1150. The molecule has 0 radical (unpaired) electrons. The average molecular weight is 516 g/mol. The number of rotatable bonds is 15. The lowest BCUT2D eigenvalue weighted by Crippen LogP contribution is -2.26. The molecule has 0 aliphatic carbocycles. The van der Waals surface area contributed by atoms with Gasteiger partial charge in [0.25, 0.3) is 5.91 Å². The summed E-state index contributed by atoms with van der Waals surface area (Å²) in [5.41, 5.74) is 6.94. The molecule has 0 saturated carbocycles. The molecule has 0 saturated heterocycles. The summed E-state index contributed by atoms with van der Waals surface area (Å²) in [5, 5.41) is 2.74. The van der Waals surface area contributed by atoms with E-state index in [0.29, 0.717) is 5.56 Å². The highest BCUT2D eigenvalue weighted by molar-refractivity contribution is 5.94. The van der Waals surface area contributed by atoms with Crippen molar-refractivity contribution in [3.05, 3.63) is 89.0 Å². The number of hydrogen-bond donors (Lipinski definition) is 1. The quantitative estimate of drug-likeness (QED) is 0.173. The van der Waals surface area contributed by atoms with Gasteiger partial charge in [-0.05, 0) is 84.7 Å². The standard InChI is InChI=1S/C33H41NO4/c1-4-26-11-15-28(16-12-26)31-20-19-30(24-25(31)2)38-23-9-7-5-6-8-10-27-13-17-29(18-14-27)33(36)34-22-21-32(35)37-3/h11-20,24H,4-10,21-23H2,1-3H3,(H,34,36). The Kier molecular flexibility index (Phi) is 11.9. The number of unbranched alkanes of at least 4 members (excludes halogenated alkanes) is 4. The molecule has 5 nitrogen and oxygen atoms in total. The van der Waals surface area contributed by atoms with Crippen LogP contribution in [0, 0.1) is 6.92 Å². The first-order chi connectivity index (χ1) is 18.5. The number of aryl methyl sites for hydroxylation is 3. The predicted molar refractivity (Wildman–Crippen MR) is 154 cm³/mol. The summed E-state index contributed by atoms with van der Waals surface area (Å²) in [6.07, 6.45) is 7.96. The number of nitrogens with one attached hydrogen (secondary N) is 1. The van der Waals surface area contributed by atoms with E-state index < -0.39 is 0 Å². The molecule has 0 atom stereocenters. The molecule has 0 aliphatic heterocycles. The zero-order valence-corrected chi connectivity index (χ0v) is 23.1. The molecule has 5 heteroatoms. The van der Waals surface area contributed by atoms with E-state index in [0.717, 1.165) is 44.5 Å². The number of carbonyl (C=O) groups is 2. The van der Waals surface area contributed by atoms with Crippen molar-refractivity contribution in [3.63, 3.8) is 0 Å². The minimum atomic E-state index is -0.331. The molecule has 3 rings (SSSR count). The smallest absolute Gasteiger partial charge is 0.307 e. The fourth-order valence-corrected chi connectivity index (χ4v) is 4.43. The summed E-state index contributed by atoms with van der Waals surface area (Å²) < 4.78 is 10.6. The van der Waals surface area contributed by atoms with Crippen molar-refractivity contribution in [2.24, 2.45) is 0 Å². The molecule has 3 aromatic rings. The van der Waals surface area contributed by atoms with Crippen molar-refractivity contribution in [3.8, 4) is 16.9 Å². The Hall–Kier alpha value is -3.60. The molecule has 0 fully saturated rings. The Morgan fingerprint density at radius 3 is 2.18 bits per heavy atom. The summed E-state index contributed by atoms with van der Waals surface area (Å²) >= 11 is 0. The normalized spacial score (nSPS) is 10.7. The summed E-state index contributed by atoms with van der Waals surface area (Å²) in [7, 11) is 1.34. The lowest BCUT2D eigenvalue weighted by atomic mass is 9.99. The number of ether oxygens (including phenoxy) is 2. The number of carbonyl (C=O) groups excluding carboxylic acids is 2. The van der Waals surface area contributed by atoms with Gasteiger partial charge in [0, 0.05) is 12.1 Å². The van der Waals surface area contributed by atoms with Crippen LogP contribution >= 0.6 is 0 Å². The molecule has 1 amide bonds. The number of benzene rings is 3. The van der Waals surface area contributed by atoms with Crippen LogP contribution in [0.15, 0.2) is 66.7 Å². The maximum atomic E-state index is 12.1. The van der Waals surface area contributed by atoms with Crippen molar-refractivity contribution in [1.82, 2.24) is 5.32 Å². The van der Waals surface area contributed by atoms with E-state index in [1.165, 1.54) is 47.8 Å². The van der Waals surface area contributed by atoms with Gasteiger partial charge in [-0.3, -0.25) is 9.59 Å². The molecule has 0 spiro atoms. The van der Waals surface area contributed by atoms with E-state index in [4.69, 9.17) is 4.74 Å². The van der Waals surface area contributed by atoms with Crippen molar-refractivity contribution in [1.29, 1.82) is 0 Å². The first-order valence-electron chi connectivity index (χ1n) is 13.8. The monoisotopic (exact) mass is 515 g/mol. The average Bonchev–Trinajstić information content (AvgIpc) is 2.94. The van der Waals surface area contributed by atoms with E-state index in [1.54, 1.807) is 0 Å². The Morgan fingerprint density at radius 2 is 1.50 bits per heavy atom. The van der Waals surface area contributed by atoms with Crippen LogP contribution in [0.1, 0.15) is 72.5 Å². The van der Waals surface area contributed by atoms with Crippen molar-refractivity contribution in [2.75, 3.05) is 20.3 Å². The van der Waals surface area contributed by atoms with Gasteiger partial charge in [-0.2, -0.15) is 0 Å². The molecule has 38 heavy (non-hydrogen) atoms. The highest BCUT2D eigenvalue weighted by Gasteiger charge is 2.07. The minimum absolute atomic E-state index is 0.171. The highest BCUT2D eigenvalue weighted by Crippen LogP contribution is 2.27. The highest BCUT2D eigenvalue weighted by atomic mass is 16.5. The minimum Gasteiger partial charge on any atom is -0.494 e. The molecular formula is C33H41NO4. The van der Waals surface area contributed by atoms with Gasteiger partial charge in [0.15, 0.2) is 0 Å². The third-order valence-electron chi connectivity index (χ3n) is 6.81. The summed E-state index contributed by atoms with van der Waals surface area (Å²) in [6, 6.07) is 22.9. The molecule has 0 aliphatic rings. The van der Waals surface area contributed by atoms with Crippen LogP contribution in [0.4, 0.5) is 0 Å². The summed E-state index contributed by atoms with van der Waals surface area (Å²) in [4.78, 5) is 23.3. The molecule has 3 aromatic carbocycles. The van der Waals surface area contributed by atoms with Gasteiger partial charge < -0.3 is 14.8 Å². The van der Waals surface area contributed by atoms with E-state index in [9.17, 15) is 9.59 Å². The molecule has 0 bridgehead atoms. The van der Waals surface area contributed by atoms with Crippen LogP contribution in [-0.2, 0) is 22.4 Å². The first kappa shape index (κ1) is 29.0. The maximum Gasteiger partial charge on any atom is 0.307 e. The topological polar surface area (TPSA) is 64.6 Å². The van der Waals surface area contributed by atoms with Crippen LogP contribution in [0.5, 0.6) is 5.75 Å². The van der Waals surface area contributed by atoms with Crippen molar-refractivity contribution < 1.29 is 19.1 Å². The van der Waals surface area contributed by atoms with Crippen LogP contribution in [0.3, 0.4) is 0 Å². The molecule has 0 aromatic heterocycles. The number of esters is 1. The number of hydrogen-bond acceptors (Lipinski definition) is 4. The van der Waals surface area contributed by atoms with E-state index in [-0.39, 0.29) is 24.8 Å². The molecule has 1 N–H and O–H groups in total. The Morgan fingerprint density at radius 1 is 0.816 bits per heavy atom. The van der Waals surface area contributed by atoms with E-state index in [2.05, 4.69) is 66.4 Å². The van der Waals surface area contributed by atoms with Crippen LogP contribution in [0.2, 0.25) is 0 Å². The largest absolute Gasteiger partial charge is 0.494 e.